The van der Waals surface area contributed by atoms with Crippen molar-refractivity contribution in [2.75, 3.05) is 19.5 Å². The van der Waals surface area contributed by atoms with E-state index in [0.717, 1.165) is 24.9 Å². The summed E-state index contributed by atoms with van der Waals surface area (Å²) < 4.78 is 10.7. The summed E-state index contributed by atoms with van der Waals surface area (Å²) in [5.74, 6) is 1.03. The topological polar surface area (TPSA) is 68.9 Å². The molecule has 23 heavy (non-hydrogen) atoms. The van der Waals surface area contributed by atoms with Crippen molar-refractivity contribution in [1.29, 1.82) is 0 Å². The van der Waals surface area contributed by atoms with Crippen molar-refractivity contribution in [2.45, 2.75) is 45.3 Å². The Labute approximate surface area is 143 Å². The fourth-order valence-corrected chi connectivity index (χ4v) is 3.76. The minimum atomic E-state index is 0.0819. The predicted octanol–water partition coefficient (Wildman–Crippen LogP) is 3.67. The Morgan fingerprint density at radius 1 is 1.39 bits per heavy atom. The molecule has 0 heterocycles. The van der Waals surface area contributed by atoms with E-state index in [1.165, 1.54) is 0 Å². The van der Waals surface area contributed by atoms with Gasteiger partial charge in [0.05, 0.1) is 24.3 Å². The number of nitrogens with one attached hydrogen (secondary N) is 1. The summed E-state index contributed by atoms with van der Waals surface area (Å²) in [5.41, 5.74) is 6.95. The maximum absolute atomic E-state index is 6.12. The Kier molecular flexibility index (Phi) is 5.76. The molecule has 1 saturated carbocycles. The van der Waals surface area contributed by atoms with Crippen molar-refractivity contribution in [3.05, 3.63) is 23.2 Å². The quantitative estimate of drug-likeness (QED) is 0.613. The lowest BCUT2D eigenvalue weighted by Crippen LogP contribution is -2.57. The second-order valence-corrected chi connectivity index (χ2v) is 6.31. The van der Waals surface area contributed by atoms with Crippen molar-refractivity contribution < 1.29 is 9.47 Å². The van der Waals surface area contributed by atoms with Crippen LogP contribution in [0.4, 0.5) is 5.69 Å². The molecule has 6 heteroatoms. The highest BCUT2D eigenvalue weighted by Crippen LogP contribution is 2.50. The molecular formula is C17H26ClN3O2. The normalized spacial score (nSPS) is 23.3. The highest BCUT2D eigenvalue weighted by Gasteiger charge is 2.53. The largest absolute Gasteiger partial charge is 0.495 e. The van der Waals surface area contributed by atoms with Crippen molar-refractivity contribution in [3.8, 4) is 5.75 Å². The van der Waals surface area contributed by atoms with Gasteiger partial charge in [-0.2, -0.15) is 0 Å². The second kappa shape index (κ2) is 7.41. The van der Waals surface area contributed by atoms with E-state index in [-0.39, 0.29) is 17.6 Å². The molecule has 0 bridgehead atoms. The van der Waals surface area contributed by atoms with E-state index in [9.17, 15) is 0 Å². The van der Waals surface area contributed by atoms with Crippen LogP contribution in [0.25, 0.3) is 0 Å². The SMILES string of the molecule is CCC1(CC)C(N=C(N)Nc2ccc(OC)c(Cl)c2)CC1OC. The summed E-state index contributed by atoms with van der Waals surface area (Å²) in [6, 6.07) is 5.61. The first kappa shape index (κ1) is 17.9. The average Bonchev–Trinajstić information content (AvgIpc) is 2.52. The van der Waals surface area contributed by atoms with E-state index in [1.54, 1.807) is 26.4 Å². The van der Waals surface area contributed by atoms with Gasteiger partial charge in [-0.1, -0.05) is 25.4 Å². The first-order valence-electron chi connectivity index (χ1n) is 7.97. The molecule has 3 N–H and O–H groups in total. The molecule has 0 aromatic heterocycles. The number of ether oxygens (including phenoxy) is 2. The van der Waals surface area contributed by atoms with Gasteiger partial charge in [-0.15, -0.1) is 0 Å². The summed E-state index contributed by atoms with van der Waals surface area (Å²) >= 11 is 6.12. The van der Waals surface area contributed by atoms with Gasteiger partial charge in [0.15, 0.2) is 5.96 Å². The Hall–Kier alpha value is -1.46. The Balaban J connectivity index is 2.10. The highest BCUT2D eigenvalue weighted by molar-refractivity contribution is 6.32. The third-order valence-electron chi connectivity index (χ3n) is 5.06. The Bertz CT molecular complexity index is 573. The molecule has 5 nitrogen and oxygen atoms in total. The molecule has 0 amide bonds. The van der Waals surface area contributed by atoms with Gasteiger partial charge in [0, 0.05) is 18.2 Å². The number of benzene rings is 1. The van der Waals surface area contributed by atoms with Crippen molar-refractivity contribution in [1.82, 2.24) is 0 Å². The number of hydrogen-bond donors (Lipinski definition) is 2. The van der Waals surface area contributed by atoms with E-state index >= 15 is 0 Å². The molecule has 1 aromatic rings. The van der Waals surface area contributed by atoms with Crippen LogP contribution in [-0.2, 0) is 4.74 Å². The lowest BCUT2D eigenvalue weighted by molar-refractivity contribution is -0.111. The number of nitrogens with two attached hydrogens (primary N) is 1. The van der Waals surface area contributed by atoms with Crippen molar-refractivity contribution in [3.63, 3.8) is 0 Å². The predicted molar refractivity (Wildman–Crippen MR) is 95.5 cm³/mol. The molecule has 0 radical (unpaired) electrons. The number of aliphatic imine (C=N–C) groups is 1. The molecular weight excluding hydrogens is 314 g/mol. The third kappa shape index (κ3) is 3.40. The number of methoxy groups -OCH3 is 2. The molecule has 1 aromatic carbocycles. The van der Waals surface area contributed by atoms with Gasteiger partial charge < -0.3 is 20.5 Å². The molecule has 128 valence electrons. The molecule has 1 aliphatic rings. The fourth-order valence-electron chi connectivity index (χ4n) is 3.51. The van der Waals surface area contributed by atoms with Crippen LogP contribution < -0.4 is 15.8 Å². The van der Waals surface area contributed by atoms with Crippen LogP contribution in [0.15, 0.2) is 23.2 Å². The van der Waals surface area contributed by atoms with Crippen LogP contribution >= 0.6 is 11.6 Å². The van der Waals surface area contributed by atoms with E-state index in [4.69, 9.17) is 26.8 Å². The Morgan fingerprint density at radius 2 is 2.09 bits per heavy atom. The number of rotatable bonds is 6. The molecule has 2 unspecified atom stereocenters. The summed E-state index contributed by atoms with van der Waals surface area (Å²) in [6.45, 7) is 4.37. The number of halogens is 1. The molecule has 2 rings (SSSR count). The Morgan fingerprint density at radius 3 is 2.61 bits per heavy atom. The number of anilines is 1. The third-order valence-corrected chi connectivity index (χ3v) is 5.36. The number of guanidine groups is 1. The molecule has 0 spiro atoms. The fraction of sp³-hybridized carbons (Fsp3) is 0.588. The van der Waals surface area contributed by atoms with Gasteiger partial charge in [-0.05, 0) is 37.5 Å². The van der Waals surface area contributed by atoms with Gasteiger partial charge in [0.25, 0.3) is 0 Å². The van der Waals surface area contributed by atoms with Crippen LogP contribution in [0.3, 0.4) is 0 Å². The van der Waals surface area contributed by atoms with Crippen molar-refractivity contribution in [2.24, 2.45) is 16.1 Å². The molecule has 1 fully saturated rings. The lowest BCUT2D eigenvalue weighted by Gasteiger charge is -2.53. The summed E-state index contributed by atoms with van der Waals surface area (Å²) in [4.78, 5) is 4.67. The zero-order chi connectivity index (χ0) is 17.0. The minimum absolute atomic E-state index is 0.0819. The van der Waals surface area contributed by atoms with Gasteiger partial charge in [0.2, 0.25) is 0 Å². The maximum atomic E-state index is 6.12. The van der Waals surface area contributed by atoms with Gasteiger partial charge in [-0.3, -0.25) is 0 Å². The number of nitrogens with zero attached hydrogens (tertiary/aromatic N) is 1. The second-order valence-electron chi connectivity index (χ2n) is 5.90. The first-order chi connectivity index (χ1) is 11.0. The van der Waals surface area contributed by atoms with Gasteiger partial charge >= 0.3 is 0 Å². The zero-order valence-corrected chi connectivity index (χ0v) is 15.0. The number of hydrogen-bond acceptors (Lipinski definition) is 3. The summed E-state index contributed by atoms with van der Waals surface area (Å²) in [6.07, 6.45) is 3.22. The standard InChI is InChI=1S/C17H26ClN3O2/c1-5-17(6-2)14(10-15(17)23-4)21-16(19)20-11-7-8-13(22-3)12(18)9-11/h7-9,14-15H,5-6,10H2,1-4H3,(H3,19,20,21). The monoisotopic (exact) mass is 339 g/mol. The highest BCUT2D eigenvalue weighted by atomic mass is 35.5. The molecule has 0 saturated heterocycles. The maximum Gasteiger partial charge on any atom is 0.193 e. The van der Waals surface area contributed by atoms with Crippen LogP contribution in [-0.4, -0.2) is 32.3 Å². The van der Waals surface area contributed by atoms with Crippen LogP contribution in [0.1, 0.15) is 33.1 Å². The minimum Gasteiger partial charge on any atom is -0.495 e. The zero-order valence-electron chi connectivity index (χ0n) is 14.2. The summed E-state index contributed by atoms with van der Waals surface area (Å²) in [5, 5.41) is 3.63. The molecule has 2 atom stereocenters. The van der Waals surface area contributed by atoms with Crippen molar-refractivity contribution >= 4 is 23.2 Å². The lowest BCUT2D eigenvalue weighted by atomic mass is 9.59. The van der Waals surface area contributed by atoms with Crippen LogP contribution in [0, 0.1) is 5.41 Å². The van der Waals surface area contributed by atoms with Crippen LogP contribution in [0.2, 0.25) is 5.02 Å². The van der Waals surface area contributed by atoms with E-state index < -0.39 is 0 Å². The molecule has 0 aliphatic heterocycles. The van der Waals surface area contributed by atoms with Crippen LogP contribution in [0.5, 0.6) is 5.75 Å². The first-order valence-corrected chi connectivity index (χ1v) is 8.35. The van der Waals surface area contributed by atoms with E-state index in [1.807, 2.05) is 6.07 Å². The average molecular weight is 340 g/mol. The van der Waals surface area contributed by atoms with Gasteiger partial charge in [0.1, 0.15) is 5.75 Å². The molecule has 1 aliphatic carbocycles. The smallest absolute Gasteiger partial charge is 0.193 e. The summed E-state index contributed by atoms with van der Waals surface area (Å²) in [7, 11) is 3.35. The van der Waals surface area contributed by atoms with E-state index in [2.05, 4.69) is 24.2 Å². The van der Waals surface area contributed by atoms with E-state index in [0.29, 0.717) is 16.7 Å². The van der Waals surface area contributed by atoms with Gasteiger partial charge in [-0.25, -0.2) is 4.99 Å².